The summed E-state index contributed by atoms with van der Waals surface area (Å²) in [6, 6.07) is 12.0. The third kappa shape index (κ3) is 3.17. The number of esters is 1. The van der Waals surface area contributed by atoms with Crippen LogP contribution in [0.1, 0.15) is 11.1 Å². The summed E-state index contributed by atoms with van der Waals surface area (Å²) in [6.45, 7) is 0. The van der Waals surface area contributed by atoms with Crippen molar-refractivity contribution in [1.82, 2.24) is 0 Å². The van der Waals surface area contributed by atoms with Crippen LogP contribution < -0.4 is 0 Å². The van der Waals surface area contributed by atoms with Crippen molar-refractivity contribution in [3.8, 4) is 0 Å². The van der Waals surface area contributed by atoms with Crippen LogP contribution in [0.2, 0.25) is 15.1 Å². The molecule has 0 aliphatic carbocycles. The third-order valence-corrected chi connectivity index (χ3v) is 3.91. The topological polar surface area (TPSA) is 38.7 Å². The maximum Gasteiger partial charge on any atom is 0.363 e. The van der Waals surface area contributed by atoms with Gasteiger partial charge in [-0.2, -0.15) is 0 Å². The molecule has 0 aromatic heterocycles. The largest absolute Gasteiger partial charge is 0.402 e. The van der Waals surface area contributed by atoms with Crippen LogP contribution in [0.4, 0.5) is 0 Å². The highest BCUT2D eigenvalue weighted by Gasteiger charge is 2.24. The Morgan fingerprint density at radius 2 is 1.82 bits per heavy atom. The molecule has 2 aromatic rings. The molecule has 22 heavy (non-hydrogen) atoms. The van der Waals surface area contributed by atoms with E-state index in [4.69, 9.17) is 39.5 Å². The van der Waals surface area contributed by atoms with Gasteiger partial charge in [-0.3, -0.25) is 0 Å². The third-order valence-electron chi connectivity index (χ3n) is 2.94. The maximum absolute atomic E-state index is 11.9. The Labute approximate surface area is 141 Å². The van der Waals surface area contributed by atoms with Crippen molar-refractivity contribution in [3.63, 3.8) is 0 Å². The molecule has 2 aromatic carbocycles. The number of aliphatic imine (C=N–C) groups is 1. The van der Waals surface area contributed by atoms with Crippen LogP contribution in [-0.4, -0.2) is 11.9 Å². The monoisotopic (exact) mass is 351 g/mol. The van der Waals surface area contributed by atoms with Crippen molar-refractivity contribution in [2.24, 2.45) is 4.99 Å². The van der Waals surface area contributed by atoms with E-state index in [1.54, 1.807) is 48.5 Å². The molecule has 110 valence electrons. The molecule has 0 N–H and O–H groups in total. The first-order valence-electron chi connectivity index (χ1n) is 6.26. The van der Waals surface area contributed by atoms with Gasteiger partial charge in [-0.1, -0.05) is 46.9 Å². The Kier molecular flexibility index (Phi) is 4.21. The van der Waals surface area contributed by atoms with Gasteiger partial charge in [0, 0.05) is 10.6 Å². The Morgan fingerprint density at radius 1 is 1.00 bits per heavy atom. The molecular formula is C16H8Cl3NO2. The van der Waals surface area contributed by atoms with Crippen LogP contribution in [0.3, 0.4) is 0 Å². The summed E-state index contributed by atoms with van der Waals surface area (Å²) in [5, 5.41) is 1.39. The Balaban J connectivity index is 1.95. The van der Waals surface area contributed by atoms with E-state index in [1.165, 1.54) is 0 Å². The van der Waals surface area contributed by atoms with Gasteiger partial charge in [0.15, 0.2) is 5.70 Å². The first-order valence-corrected chi connectivity index (χ1v) is 7.40. The van der Waals surface area contributed by atoms with Gasteiger partial charge in [0.05, 0.1) is 10.0 Å². The second-order valence-corrected chi connectivity index (χ2v) is 5.77. The molecule has 3 rings (SSSR count). The van der Waals surface area contributed by atoms with Crippen LogP contribution in [-0.2, 0) is 9.53 Å². The fourth-order valence-corrected chi connectivity index (χ4v) is 2.41. The lowest BCUT2D eigenvalue weighted by molar-refractivity contribution is -0.129. The molecule has 0 spiro atoms. The fourth-order valence-electron chi connectivity index (χ4n) is 1.91. The average Bonchev–Trinajstić information content (AvgIpc) is 2.84. The minimum Gasteiger partial charge on any atom is -0.402 e. The summed E-state index contributed by atoms with van der Waals surface area (Å²) < 4.78 is 5.17. The Hall–Kier alpha value is -1.81. The number of halogens is 3. The minimum atomic E-state index is -0.527. The van der Waals surface area contributed by atoms with Gasteiger partial charge in [0.2, 0.25) is 5.90 Å². The van der Waals surface area contributed by atoms with Crippen LogP contribution in [0.15, 0.2) is 53.2 Å². The van der Waals surface area contributed by atoms with E-state index in [2.05, 4.69) is 4.99 Å². The first-order chi connectivity index (χ1) is 10.5. The van der Waals surface area contributed by atoms with Crippen LogP contribution in [0, 0.1) is 0 Å². The lowest BCUT2D eigenvalue weighted by atomic mass is 10.2. The zero-order valence-corrected chi connectivity index (χ0v) is 13.3. The molecule has 0 atom stereocenters. The molecule has 3 nitrogen and oxygen atoms in total. The second-order valence-electron chi connectivity index (χ2n) is 4.52. The molecule has 0 unspecified atom stereocenters. The van der Waals surface area contributed by atoms with Gasteiger partial charge in [-0.25, -0.2) is 9.79 Å². The van der Waals surface area contributed by atoms with E-state index < -0.39 is 5.97 Å². The van der Waals surface area contributed by atoms with Crippen LogP contribution in [0.25, 0.3) is 6.08 Å². The summed E-state index contributed by atoms with van der Waals surface area (Å²) in [4.78, 5) is 16.1. The number of carbonyl (C=O) groups is 1. The molecule has 1 heterocycles. The van der Waals surface area contributed by atoms with Gasteiger partial charge < -0.3 is 4.74 Å². The number of ether oxygens (including phenoxy) is 1. The van der Waals surface area contributed by atoms with E-state index in [-0.39, 0.29) is 11.6 Å². The molecule has 0 radical (unpaired) electrons. The van der Waals surface area contributed by atoms with Gasteiger partial charge in [0.1, 0.15) is 0 Å². The standard InChI is InChI=1S/C16H8Cl3NO2/c17-11-3-1-2-10(8-11)15-20-14(16(21)22-15)7-9-4-5-12(18)13(19)6-9/h1-8H/b14-7+. The predicted molar refractivity (Wildman–Crippen MR) is 88.5 cm³/mol. The number of benzene rings is 2. The van der Waals surface area contributed by atoms with E-state index in [0.717, 1.165) is 0 Å². The van der Waals surface area contributed by atoms with E-state index in [1.807, 2.05) is 0 Å². The first kappa shape index (κ1) is 15.1. The quantitative estimate of drug-likeness (QED) is 0.564. The fraction of sp³-hybridized carbons (Fsp3) is 0. The lowest BCUT2D eigenvalue weighted by Gasteiger charge is -1.99. The van der Waals surface area contributed by atoms with Crippen molar-refractivity contribution in [1.29, 1.82) is 0 Å². The van der Waals surface area contributed by atoms with Gasteiger partial charge in [-0.15, -0.1) is 0 Å². The normalized spacial score (nSPS) is 15.9. The predicted octanol–water partition coefficient (Wildman–Crippen LogP) is 4.99. The highest BCUT2D eigenvalue weighted by atomic mass is 35.5. The summed E-state index contributed by atoms with van der Waals surface area (Å²) in [7, 11) is 0. The summed E-state index contributed by atoms with van der Waals surface area (Å²) in [6.07, 6.45) is 1.59. The van der Waals surface area contributed by atoms with Crippen molar-refractivity contribution in [2.75, 3.05) is 0 Å². The Bertz CT molecular complexity index is 828. The number of hydrogen-bond donors (Lipinski definition) is 0. The number of hydrogen-bond acceptors (Lipinski definition) is 3. The van der Waals surface area contributed by atoms with Crippen molar-refractivity contribution >= 4 is 52.7 Å². The number of cyclic esters (lactones) is 1. The number of rotatable bonds is 2. The molecule has 0 fully saturated rings. The van der Waals surface area contributed by atoms with Crippen LogP contribution >= 0.6 is 34.8 Å². The molecule has 0 saturated carbocycles. The maximum atomic E-state index is 11.9. The Morgan fingerprint density at radius 3 is 2.55 bits per heavy atom. The smallest absolute Gasteiger partial charge is 0.363 e. The lowest BCUT2D eigenvalue weighted by Crippen LogP contribution is -2.05. The number of nitrogens with zero attached hydrogens (tertiary/aromatic N) is 1. The SMILES string of the molecule is O=C1OC(c2cccc(Cl)c2)=N/C1=C/c1ccc(Cl)c(Cl)c1. The molecule has 6 heteroatoms. The zero-order valence-electron chi connectivity index (χ0n) is 11.0. The number of carbonyl (C=O) groups excluding carboxylic acids is 1. The molecular weight excluding hydrogens is 345 g/mol. The summed E-state index contributed by atoms with van der Waals surface area (Å²) in [5.74, 6) is -0.306. The van der Waals surface area contributed by atoms with Gasteiger partial charge in [-0.05, 0) is 42.0 Å². The summed E-state index contributed by atoms with van der Waals surface area (Å²) in [5.41, 5.74) is 1.53. The van der Waals surface area contributed by atoms with E-state index in [9.17, 15) is 4.79 Å². The molecule has 0 amide bonds. The second kappa shape index (κ2) is 6.13. The van der Waals surface area contributed by atoms with Crippen molar-refractivity contribution in [2.45, 2.75) is 0 Å². The molecule has 1 aliphatic rings. The van der Waals surface area contributed by atoms with Crippen LogP contribution in [0.5, 0.6) is 0 Å². The zero-order chi connectivity index (χ0) is 15.7. The molecule has 0 saturated heterocycles. The minimum absolute atomic E-state index is 0.188. The van der Waals surface area contributed by atoms with Crippen molar-refractivity contribution < 1.29 is 9.53 Å². The van der Waals surface area contributed by atoms with E-state index in [0.29, 0.717) is 26.2 Å². The highest BCUT2D eigenvalue weighted by molar-refractivity contribution is 6.42. The van der Waals surface area contributed by atoms with E-state index >= 15 is 0 Å². The van der Waals surface area contributed by atoms with Crippen molar-refractivity contribution in [3.05, 3.63) is 74.4 Å². The molecule has 0 bridgehead atoms. The van der Waals surface area contributed by atoms with Gasteiger partial charge >= 0.3 is 5.97 Å². The molecule has 1 aliphatic heterocycles. The average molecular weight is 353 g/mol. The highest BCUT2D eigenvalue weighted by Crippen LogP contribution is 2.25. The van der Waals surface area contributed by atoms with Gasteiger partial charge in [0.25, 0.3) is 0 Å². The summed E-state index contributed by atoms with van der Waals surface area (Å²) >= 11 is 17.7.